The van der Waals surface area contributed by atoms with Gasteiger partial charge in [0.05, 0.1) is 23.7 Å². The molecule has 0 aliphatic rings. The Bertz CT molecular complexity index is 792. The molecule has 0 saturated heterocycles. The van der Waals surface area contributed by atoms with E-state index < -0.39 is 5.97 Å². The summed E-state index contributed by atoms with van der Waals surface area (Å²) in [7, 11) is 1.31. The van der Waals surface area contributed by atoms with Crippen molar-refractivity contribution in [2.24, 2.45) is 5.92 Å². The lowest BCUT2D eigenvalue weighted by Crippen LogP contribution is -2.32. The van der Waals surface area contributed by atoms with Gasteiger partial charge in [-0.25, -0.2) is 9.78 Å². The molecule has 0 atom stereocenters. The van der Waals surface area contributed by atoms with Crippen LogP contribution in [0.25, 0.3) is 0 Å². The Morgan fingerprint density at radius 2 is 2.00 bits per heavy atom. The van der Waals surface area contributed by atoms with Gasteiger partial charge in [-0.15, -0.1) is 11.3 Å². The number of aromatic nitrogens is 1. The highest BCUT2D eigenvalue weighted by atomic mass is 35.5. The summed E-state index contributed by atoms with van der Waals surface area (Å²) in [5.41, 5.74) is 0.714. The zero-order valence-corrected chi connectivity index (χ0v) is 17.1. The summed E-state index contributed by atoms with van der Waals surface area (Å²) in [5, 5.41) is 3.04. The maximum Gasteiger partial charge on any atom is 0.357 e. The van der Waals surface area contributed by atoms with Gasteiger partial charge in [0.1, 0.15) is 5.01 Å². The fourth-order valence-electron chi connectivity index (χ4n) is 2.22. The number of rotatable bonds is 7. The van der Waals surface area contributed by atoms with E-state index in [1.807, 2.05) is 0 Å². The normalized spacial score (nSPS) is 10.8. The minimum atomic E-state index is -0.489. The molecule has 1 aromatic carbocycles. The third-order valence-corrected chi connectivity index (χ3v) is 5.28. The Morgan fingerprint density at radius 1 is 1.27 bits per heavy atom. The summed E-state index contributed by atoms with van der Waals surface area (Å²) < 4.78 is 4.67. The van der Waals surface area contributed by atoms with Gasteiger partial charge in [0.15, 0.2) is 5.69 Å². The first-order valence-electron chi connectivity index (χ1n) is 8.08. The number of carbonyl (C=O) groups excluding carboxylic acids is 2. The summed E-state index contributed by atoms with van der Waals surface area (Å²) >= 11 is 13.3. The molecule has 140 valence electrons. The zero-order valence-electron chi connectivity index (χ0n) is 14.8. The first-order chi connectivity index (χ1) is 12.3. The number of ether oxygens (including phenoxy) is 1. The van der Waals surface area contributed by atoms with Crippen LogP contribution in [-0.4, -0.2) is 35.4 Å². The van der Waals surface area contributed by atoms with Crippen LogP contribution in [0.2, 0.25) is 10.0 Å². The molecule has 0 bridgehead atoms. The summed E-state index contributed by atoms with van der Waals surface area (Å²) in [6, 6.07) is 4.83. The van der Waals surface area contributed by atoms with E-state index in [1.165, 1.54) is 18.4 Å². The van der Waals surface area contributed by atoms with Crippen LogP contribution < -0.4 is 0 Å². The van der Waals surface area contributed by atoms with E-state index in [2.05, 4.69) is 23.6 Å². The largest absolute Gasteiger partial charge is 0.464 e. The molecule has 0 N–H and O–H groups in total. The van der Waals surface area contributed by atoms with Crippen LogP contribution in [0.5, 0.6) is 0 Å². The smallest absolute Gasteiger partial charge is 0.357 e. The van der Waals surface area contributed by atoms with E-state index in [9.17, 15) is 9.59 Å². The van der Waals surface area contributed by atoms with Gasteiger partial charge >= 0.3 is 5.97 Å². The van der Waals surface area contributed by atoms with E-state index in [4.69, 9.17) is 23.2 Å². The average Bonchev–Trinajstić information content (AvgIpc) is 3.08. The van der Waals surface area contributed by atoms with E-state index in [1.54, 1.807) is 28.5 Å². The molecule has 1 amide bonds. The SMILES string of the molecule is COC(=O)c1csc(CN(CCC(C)C)C(=O)c2ccc(Cl)c(Cl)c2)n1. The predicted molar refractivity (Wildman–Crippen MR) is 104 cm³/mol. The molecule has 0 saturated carbocycles. The number of nitrogens with zero attached hydrogens (tertiary/aromatic N) is 2. The molecule has 8 heteroatoms. The van der Waals surface area contributed by atoms with E-state index in [0.717, 1.165) is 6.42 Å². The van der Waals surface area contributed by atoms with Crippen molar-refractivity contribution in [2.45, 2.75) is 26.8 Å². The maximum absolute atomic E-state index is 12.9. The molecule has 0 spiro atoms. The second-order valence-corrected chi connectivity index (χ2v) is 7.91. The highest BCUT2D eigenvalue weighted by Gasteiger charge is 2.20. The number of amides is 1. The number of esters is 1. The molecule has 0 fully saturated rings. The summed E-state index contributed by atoms with van der Waals surface area (Å²) in [5.74, 6) is -0.197. The molecule has 26 heavy (non-hydrogen) atoms. The number of thiazole rings is 1. The van der Waals surface area contributed by atoms with Crippen molar-refractivity contribution in [3.63, 3.8) is 0 Å². The van der Waals surface area contributed by atoms with Crippen LogP contribution in [0.4, 0.5) is 0 Å². The van der Waals surface area contributed by atoms with Crippen molar-refractivity contribution < 1.29 is 14.3 Å². The van der Waals surface area contributed by atoms with Crippen molar-refractivity contribution in [2.75, 3.05) is 13.7 Å². The average molecular weight is 415 g/mol. The number of hydrogen-bond acceptors (Lipinski definition) is 5. The fraction of sp³-hybridized carbons (Fsp3) is 0.389. The lowest BCUT2D eigenvalue weighted by molar-refractivity contribution is 0.0594. The molecule has 2 aromatic rings. The topological polar surface area (TPSA) is 59.5 Å². The lowest BCUT2D eigenvalue weighted by atomic mass is 10.1. The molecule has 0 aliphatic heterocycles. The van der Waals surface area contributed by atoms with Crippen molar-refractivity contribution in [1.82, 2.24) is 9.88 Å². The Morgan fingerprint density at radius 3 is 2.62 bits per heavy atom. The van der Waals surface area contributed by atoms with Crippen LogP contribution in [0.3, 0.4) is 0 Å². The molecule has 5 nitrogen and oxygen atoms in total. The first-order valence-corrected chi connectivity index (χ1v) is 9.72. The zero-order chi connectivity index (χ0) is 19.3. The van der Waals surface area contributed by atoms with Crippen molar-refractivity contribution in [3.8, 4) is 0 Å². The summed E-state index contributed by atoms with van der Waals surface area (Å²) in [6.07, 6.45) is 0.849. The Balaban J connectivity index is 2.21. The van der Waals surface area contributed by atoms with Gasteiger partial charge in [0.2, 0.25) is 0 Å². The fourth-order valence-corrected chi connectivity index (χ4v) is 3.30. The van der Waals surface area contributed by atoms with Gasteiger partial charge < -0.3 is 9.64 Å². The highest BCUT2D eigenvalue weighted by molar-refractivity contribution is 7.09. The van der Waals surface area contributed by atoms with Gasteiger partial charge in [0, 0.05) is 17.5 Å². The van der Waals surface area contributed by atoms with Crippen molar-refractivity contribution in [1.29, 1.82) is 0 Å². The predicted octanol–water partition coefficient (Wildman–Crippen LogP) is 4.93. The van der Waals surface area contributed by atoms with Crippen LogP contribution in [-0.2, 0) is 11.3 Å². The third kappa shape index (κ3) is 5.43. The van der Waals surface area contributed by atoms with Gasteiger partial charge in [-0.1, -0.05) is 37.0 Å². The maximum atomic E-state index is 12.9. The Hall–Kier alpha value is -1.63. The monoisotopic (exact) mass is 414 g/mol. The van der Waals surface area contributed by atoms with Gasteiger partial charge in [0.25, 0.3) is 5.91 Å². The van der Waals surface area contributed by atoms with E-state index in [0.29, 0.717) is 39.6 Å². The molecule has 2 rings (SSSR count). The Kier molecular flexibility index (Phi) is 7.43. The molecule has 0 radical (unpaired) electrons. The molecular weight excluding hydrogens is 395 g/mol. The van der Waals surface area contributed by atoms with Crippen LogP contribution in [0.1, 0.15) is 46.1 Å². The number of halogens is 2. The van der Waals surface area contributed by atoms with Gasteiger partial charge in [-0.05, 0) is 30.5 Å². The summed E-state index contributed by atoms with van der Waals surface area (Å²) in [6.45, 7) is 5.08. The number of methoxy groups -OCH3 is 1. The number of hydrogen-bond donors (Lipinski definition) is 0. The van der Waals surface area contributed by atoms with Gasteiger partial charge in [-0.3, -0.25) is 4.79 Å². The third-order valence-electron chi connectivity index (χ3n) is 3.70. The molecular formula is C18H20Cl2N2O3S. The van der Waals surface area contributed by atoms with E-state index >= 15 is 0 Å². The molecule has 1 heterocycles. The molecule has 1 aromatic heterocycles. The lowest BCUT2D eigenvalue weighted by Gasteiger charge is -2.23. The number of benzene rings is 1. The minimum Gasteiger partial charge on any atom is -0.464 e. The van der Waals surface area contributed by atoms with Crippen molar-refractivity contribution in [3.05, 3.63) is 49.9 Å². The highest BCUT2D eigenvalue weighted by Crippen LogP contribution is 2.24. The van der Waals surface area contributed by atoms with Crippen LogP contribution in [0, 0.1) is 5.92 Å². The summed E-state index contributed by atoms with van der Waals surface area (Å²) in [4.78, 5) is 30.5. The first kappa shape index (κ1) is 20.7. The van der Waals surface area contributed by atoms with Crippen LogP contribution >= 0.6 is 34.5 Å². The minimum absolute atomic E-state index is 0.154. The number of carbonyl (C=O) groups is 2. The molecule has 0 aliphatic carbocycles. The van der Waals surface area contributed by atoms with Crippen LogP contribution in [0.15, 0.2) is 23.6 Å². The van der Waals surface area contributed by atoms with E-state index in [-0.39, 0.29) is 11.6 Å². The quantitative estimate of drug-likeness (QED) is 0.602. The molecule has 0 unspecified atom stereocenters. The van der Waals surface area contributed by atoms with Gasteiger partial charge in [-0.2, -0.15) is 0 Å². The standard InChI is InChI=1S/C18H20Cl2N2O3S/c1-11(2)6-7-22(9-16-21-15(10-26-16)18(24)25-3)17(23)12-4-5-13(19)14(20)8-12/h4-5,8,10-11H,6-7,9H2,1-3H3. The second-order valence-electron chi connectivity index (χ2n) is 6.16. The van der Waals surface area contributed by atoms with Crippen molar-refractivity contribution >= 4 is 46.4 Å². The second kappa shape index (κ2) is 9.35. The Labute approximate surface area is 166 Å².